The number of carbonyl (C=O) groups is 1. The number of hydrogen-bond donors (Lipinski definition) is 0. The predicted octanol–water partition coefficient (Wildman–Crippen LogP) is 2.87. The van der Waals surface area contributed by atoms with E-state index in [1.807, 2.05) is 0 Å². The Bertz CT molecular complexity index is 217. The van der Waals surface area contributed by atoms with Crippen molar-refractivity contribution in [2.75, 3.05) is 0 Å². The molecule has 0 aromatic rings. The molecule has 0 aromatic heterocycles. The summed E-state index contributed by atoms with van der Waals surface area (Å²) >= 11 is 0. The van der Waals surface area contributed by atoms with Crippen molar-refractivity contribution < 1.29 is 4.79 Å². The standard InChI is InChI=1S/C11H20OSi/c1-13(2,3)11(12)10-8-6-4-5-7-9(8)10/h8-10H,4-7H2,1-3H3/t8-,9+,10?. The molecule has 0 heterocycles. The summed E-state index contributed by atoms with van der Waals surface area (Å²) in [5.74, 6) is 2.13. The maximum Gasteiger partial charge on any atom is 0.124 e. The first-order valence-electron chi connectivity index (χ1n) is 5.56. The van der Waals surface area contributed by atoms with Crippen molar-refractivity contribution in [1.82, 2.24) is 0 Å². The Hall–Kier alpha value is -0.113. The summed E-state index contributed by atoms with van der Waals surface area (Å²) < 4.78 is 0. The lowest BCUT2D eigenvalue weighted by molar-refractivity contribution is -0.114. The molecular formula is C11H20OSi. The molecule has 74 valence electrons. The average molecular weight is 196 g/mol. The first kappa shape index (κ1) is 9.44. The van der Waals surface area contributed by atoms with E-state index >= 15 is 0 Å². The molecule has 1 nitrogen and oxygen atoms in total. The summed E-state index contributed by atoms with van der Waals surface area (Å²) in [6.07, 6.45) is 5.42. The highest BCUT2D eigenvalue weighted by Gasteiger charge is 2.56. The van der Waals surface area contributed by atoms with Crippen LogP contribution in [0.15, 0.2) is 0 Å². The van der Waals surface area contributed by atoms with E-state index in [-0.39, 0.29) is 0 Å². The quantitative estimate of drug-likeness (QED) is 0.621. The highest BCUT2D eigenvalue weighted by Crippen LogP contribution is 2.56. The molecule has 0 spiro atoms. The minimum Gasteiger partial charge on any atom is -0.305 e. The Morgan fingerprint density at radius 3 is 1.92 bits per heavy atom. The van der Waals surface area contributed by atoms with Crippen LogP contribution in [0.25, 0.3) is 0 Å². The summed E-state index contributed by atoms with van der Waals surface area (Å²) in [5.41, 5.74) is 0. The van der Waals surface area contributed by atoms with Crippen molar-refractivity contribution in [3.8, 4) is 0 Å². The number of hydrogen-bond acceptors (Lipinski definition) is 1. The van der Waals surface area contributed by atoms with Crippen molar-refractivity contribution in [2.45, 2.75) is 45.3 Å². The van der Waals surface area contributed by atoms with Crippen molar-refractivity contribution in [3.63, 3.8) is 0 Å². The van der Waals surface area contributed by atoms with Crippen LogP contribution in [0, 0.1) is 17.8 Å². The zero-order chi connectivity index (χ0) is 9.64. The maximum absolute atomic E-state index is 12.1. The molecule has 3 atom stereocenters. The second kappa shape index (κ2) is 2.94. The van der Waals surface area contributed by atoms with Crippen LogP contribution in [-0.2, 0) is 4.79 Å². The van der Waals surface area contributed by atoms with E-state index < -0.39 is 8.07 Å². The van der Waals surface area contributed by atoms with E-state index in [1.54, 1.807) is 0 Å². The van der Waals surface area contributed by atoms with E-state index in [2.05, 4.69) is 19.6 Å². The van der Waals surface area contributed by atoms with Crippen LogP contribution < -0.4 is 0 Å². The van der Waals surface area contributed by atoms with Crippen LogP contribution in [0.4, 0.5) is 0 Å². The molecule has 2 saturated carbocycles. The van der Waals surface area contributed by atoms with E-state index in [4.69, 9.17) is 0 Å². The van der Waals surface area contributed by atoms with E-state index in [0.29, 0.717) is 11.3 Å². The Labute approximate surface area is 81.9 Å². The van der Waals surface area contributed by atoms with Gasteiger partial charge in [-0.2, -0.15) is 0 Å². The Morgan fingerprint density at radius 2 is 1.54 bits per heavy atom. The maximum atomic E-state index is 12.1. The zero-order valence-electron chi connectivity index (χ0n) is 8.97. The minimum absolute atomic E-state index is 0.508. The van der Waals surface area contributed by atoms with Crippen LogP contribution in [0.5, 0.6) is 0 Å². The largest absolute Gasteiger partial charge is 0.305 e. The van der Waals surface area contributed by atoms with Gasteiger partial charge < -0.3 is 4.79 Å². The van der Waals surface area contributed by atoms with Gasteiger partial charge in [0.1, 0.15) is 13.5 Å². The van der Waals surface area contributed by atoms with Gasteiger partial charge in [-0.05, 0) is 24.7 Å². The third kappa shape index (κ3) is 1.61. The second-order valence-corrected chi connectivity index (χ2v) is 10.7. The first-order valence-corrected chi connectivity index (χ1v) is 9.06. The molecule has 2 rings (SSSR count). The Morgan fingerprint density at radius 1 is 1.08 bits per heavy atom. The molecule has 0 saturated heterocycles. The van der Waals surface area contributed by atoms with Gasteiger partial charge in [-0.15, -0.1) is 0 Å². The van der Waals surface area contributed by atoms with Gasteiger partial charge in [0, 0.05) is 5.92 Å². The van der Waals surface area contributed by atoms with Gasteiger partial charge in [0.15, 0.2) is 0 Å². The number of carbonyl (C=O) groups excluding carboxylic acids is 1. The Balaban J connectivity index is 2.01. The van der Waals surface area contributed by atoms with Gasteiger partial charge in [0.05, 0.1) is 0 Å². The molecule has 0 bridgehead atoms. The number of fused-ring (bicyclic) bond motifs is 1. The highest BCUT2D eigenvalue weighted by atomic mass is 28.3. The van der Waals surface area contributed by atoms with Crippen LogP contribution >= 0.6 is 0 Å². The SMILES string of the molecule is C[Si](C)(C)C(=O)C1[C@H]2CCCC[C@@H]12. The lowest BCUT2D eigenvalue weighted by atomic mass is 10.0. The molecule has 0 amide bonds. The fourth-order valence-electron chi connectivity index (χ4n) is 2.88. The molecule has 0 aliphatic heterocycles. The third-order valence-electron chi connectivity index (χ3n) is 3.70. The monoisotopic (exact) mass is 196 g/mol. The van der Waals surface area contributed by atoms with E-state index in [9.17, 15) is 4.79 Å². The lowest BCUT2D eigenvalue weighted by Gasteiger charge is -2.13. The Kier molecular flexibility index (Phi) is 2.14. The average Bonchev–Trinajstić information content (AvgIpc) is 2.75. The fraction of sp³-hybridized carbons (Fsp3) is 0.909. The van der Waals surface area contributed by atoms with Gasteiger partial charge in [-0.3, -0.25) is 0 Å². The molecule has 1 unspecified atom stereocenters. The second-order valence-electron chi connectivity index (χ2n) is 5.75. The molecule has 2 aliphatic rings. The summed E-state index contributed by atoms with van der Waals surface area (Å²) in [6, 6.07) is 0. The molecule has 0 N–H and O–H groups in total. The van der Waals surface area contributed by atoms with Crippen LogP contribution in [0.2, 0.25) is 19.6 Å². The van der Waals surface area contributed by atoms with Crippen molar-refractivity contribution >= 4 is 13.5 Å². The van der Waals surface area contributed by atoms with E-state index in [1.165, 1.54) is 25.7 Å². The normalized spacial score (nSPS) is 38.2. The highest BCUT2D eigenvalue weighted by molar-refractivity contribution is 7.03. The van der Waals surface area contributed by atoms with Crippen molar-refractivity contribution in [3.05, 3.63) is 0 Å². The molecular weight excluding hydrogens is 176 g/mol. The van der Waals surface area contributed by atoms with Gasteiger partial charge in [-0.25, -0.2) is 0 Å². The van der Waals surface area contributed by atoms with Crippen molar-refractivity contribution in [1.29, 1.82) is 0 Å². The first-order chi connectivity index (χ1) is 6.02. The molecule has 13 heavy (non-hydrogen) atoms. The number of rotatable bonds is 2. The van der Waals surface area contributed by atoms with E-state index in [0.717, 1.165) is 11.8 Å². The fourth-order valence-corrected chi connectivity index (χ4v) is 4.31. The van der Waals surface area contributed by atoms with Gasteiger partial charge in [0.2, 0.25) is 0 Å². The van der Waals surface area contributed by atoms with Gasteiger partial charge in [-0.1, -0.05) is 32.5 Å². The van der Waals surface area contributed by atoms with Crippen molar-refractivity contribution in [2.24, 2.45) is 17.8 Å². The topological polar surface area (TPSA) is 17.1 Å². The summed E-state index contributed by atoms with van der Waals surface area (Å²) in [5, 5.41) is 0.657. The predicted molar refractivity (Wildman–Crippen MR) is 57.3 cm³/mol. The smallest absolute Gasteiger partial charge is 0.124 e. The van der Waals surface area contributed by atoms with Crippen LogP contribution in [-0.4, -0.2) is 13.5 Å². The minimum atomic E-state index is -1.49. The molecule has 2 heteroatoms. The summed E-state index contributed by atoms with van der Waals surface area (Å²) in [6.45, 7) is 6.58. The summed E-state index contributed by atoms with van der Waals surface area (Å²) in [7, 11) is -1.49. The van der Waals surface area contributed by atoms with Gasteiger partial charge >= 0.3 is 0 Å². The zero-order valence-corrected chi connectivity index (χ0v) is 9.97. The third-order valence-corrected chi connectivity index (χ3v) is 5.51. The lowest BCUT2D eigenvalue weighted by Crippen LogP contribution is -2.35. The molecule has 0 radical (unpaired) electrons. The van der Waals surface area contributed by atoms with Crippen LogP contribution in [0.1, 0.15) is 25.7 Å². The summed E-state index contributed by atoms with van der Waals surface area (Å²) in [4.78, 5) is 12.1. The van der Waals surface area contributed by atoms with Crippen LogP contribution in [0.3, 0.4) is 0 Å². The molecule has 0 aromatic carbocycles. The van der Waals surface area contributed by atoms with Gasteiger partial charge in [0.25, 0.3) is 0 Å². The molecule has 2 fully saturated rings. The molecule has 2 aliphatic carbocycles.